The van der Waals surface area contributed by atoms with Gasteiger partial charge in [0.25, 0.3) is 0 Å². The maximum absolute atomic E-state index is 13.2. The summed E-state index contributed by atoms with van der Waals surface area (Å²) in [6, 6.07) is 0.239. The summed E-state index contributed by atoms with van der Waals surface area (Å²) >= 11 is 2.95. The molecule has 1 atom stereocenters. The third kappa shape index (κ3) is 1.93. The Morgan fingerprint density at radius 2 is 1.93 bits per heavy atom. The molecule has 1 aromatic rings. The average Bonchev–Trinajstić information content (AvgIpc) is 2.14. The third-order valence-electron chi connectivity index (χ3n) is 1.96. The molecule has 0 saturated carbocycles. The topological polar surface area (TPSA) is 26.0 Å². The van der Waals surface area contributed by atoms with E-state index in [9.17, 15) is 13.2 Å². The molecule has 1 rings (SSSR count). The van der Waals surface area contributed by atoms with Crippen LogP contribution in [0.1, 0.15) is 24.9 Å². The zero-order valence-electron chi connectivity index (χ0n) is 7.45. The summed E-state index contributed by atoms with van der Waals surface area (Å²) in [7, 11) is 0. The van der Waals surface area contributed by atoms with E-state index in [1.165, 1.54) is 0 Å². The van der Waals surface area contributed by atoms with Gasteiger partial charge in [-0.05, 0) is 12.5 Å². The molecule has 0 spiro atoms. The van der Waals surface area contributed by atoms with Crippen molar-refractivity contribution < 1.29 is 13.2 Å². The van der Waals surface area contributed by atoms with Gasteiger partial charge in [-0.25, -0.2) is 13.2 Å². The maximum Gasteiger partial charge on any atom is 0.194 e. The first kappa shape index (κ1) is 11.5. The van der Waals surface area contributed by atoms with E-state index in [0.29, 0.717) is 6.42 Å². The molecule has 14 heavy (non-hydrogen) atoms. The molecule has 1 aromatic carbocycles. The highest BCUT2D eigenvalue weighted by molar-refractivity contribution is 9.10. The van der Waals surface area contributed by atoms with Crippen LogP contribution in [-0.2, 0) is 0 Å². The van der Waals surface area contributed by atoms with Gasteiger partial charge in [0.2, 0.25) is 0 Å². The van der Waals surface area contributed by atoms with Gasteiger partial charge in [-0.2, -0.15) is 0 Å². The van der Waals surface area contributed by atoms with E-state index < -0.39 is 23.5 Å². The fourth-order valence-electron chi connectivity index (χ4n) is 1.12. The fraction of sp³-hybridized carbons (Fsp3) is 0.333. The molecule has 2 N–H and O–H groups in total. The highest BCUT2D eigenvalue weighted by Gasteiger charge is 2.20. The molecular formula is C9H9BrF3N. The van der Waals surface area contributed by atoms with E-state index >= 15 is 0 Å². The molecule has 5 heteroatoms. The summed E-state index contributed by atoms with van der Waals surface area (Å²) in [6.45, 7) is 1.73. The zero-order chi connectivity index (χ0) is 10.9. The SMILES string of the molecule is CCC(N)c1c(Br)cc(F)c(F)c1F. The van der Waals surface area contributed by atoms with Gasteiger partial charge < -0.3 is 5.73 Å². The van der Waals surface area contributed by atoms with Crippen LogP contribution in [-0.4, -0.2) is 0 Å². The first-order chi connectivity index (χ1) is 6.49. The van der Waals surface area contributed by atoms with Gasteiger partial charge in [-0.1, -0.05) is 22.9 Å². The maximum atomic E-state index is 13.2. The van der Waals surface area contributed by atoms with Crippen LogP contribution in [0, 0.1) is 17.5 Å². The van der Waals surface area contributed by atoms with Crippen molar-refractivity contribution in [1.82, 2.24) is 0 Å². The van der Waals surface area contributed by atoms with Gasteiger partial charge in [0.15, 0.2) is 17.5 Å². The van der Waals surface area contributed by atoms with Crippen LogP contribution in [0.25, 0.3) is 0 Å². The number of hydrogen-bond donors (Lipinski definition) is 1. The minimum Gasteiger partial charge on any atom is -0.324 e. The molecule has 0 saturated heterocycles. The Kier molecular flexibility index (Phi) is 3.55. The monoisotopic (exact) mass is 267 g/mol. The Bertz CT molecular complexity index is 354. The van der Waals surface area contributed by atoms with Gasteiger partial charge in [0.05, 0.1) is 0 Å². The van der Waals surface area contributed by atoms with Crippen LogP contribution in [0.5, 0.6) is 0 Å². The van der Waals surface area contributed by atoms with Crippen LogP contribution in [0.4, 0.5) is 13.2 Å². The molecule has 0 heterocycles. The van der Waals surface area contributed by atoms with E-state index in [-0.39, 0.29) is 10.0 Å². The van der Waals surface area contributed by atoms with Gasteiger partial charge in [0.1, 0.15) is 0 Å². The lowest BCUT2D eigenvalue weighted by atomic mass is 10.0. The van der Waals surface area contributed by atoms with E-state index in [2.05, 4.69) is 15.9 Å². The standard InChI is InChI=1S/C9H9BrF3N/c1-2-6(14)7-4(10)3-5(11)8(12)9(7)13/h3,6H,2,14H2,1H3. The lowest BCUT2D eigenvalue weighted by molar-refractivity contribution is 0.433. The minimum atomic E-state index is -1.48. The molecule has 0 aromatic heterocycles. The summed E-state index contributed by atoms with van der Waals surface area (Å²) in [5, 5.41) is 0. The van der Waals surface area contributed by atoms with Gasteiger partial charge in [-0.15, -0.1) is 0 Å². The Morgan fingerprint density at radius 3 is 2.43 bits per heavy atom. The Hall–Kier alpha value is -0.550. The third-order valence-corrected chi connectivity index (χ3v) is 2.62. The Balaban J connectivity index is 3.36. The number of nitrogens with two attached hydrogens (primary N) is 1. The second-order valence-electron chi connectivity index (χ2n) is 2.90. The van der Waals surface area contributed by atoms with Crippen LogP contribution in [0.15, 0.2) is 10.5 Å². The van der Waals surface area contributed by atoms with Crippen molar-refractivity contribution in [3.63, 3.8) is 0 Å². The molecule has 0 bridgehead atoms. The first-order valence-electron chi connectivity index (χ1n) is 4.07. The predicted molar refractivity (Wildman–Crippen MR) is 51.2 cm³/mol. The van der Waals surface area contributed by atoms with Crippen molar-refractivity contribution in [2.75, 3.05) is 0 Å². The molecule has 1 nitrogen and oxygen atoms in total. The van der Waals surface area contributed by atoms with E-state index in [4.69, 9.17) is 5.73 Å². The van der Waals surface area contributed by atoms with Crippen LogP contribution >= 0.6 is 15.9 Å². The van der Waals surface area contributed by atoms with Crippen molar-refractivity contribution in [2.24, 2.45) is 5.73 Å². The second kappa shape index (κ2) is 4.31. The summed E-state index contributed by atoms with van der Waals surface area (Å²) in [5.74, 6) is -3.92. The summed E-state index contributed by atoms with van der Waals surface area (Å²) in [4.78, 5) is 0. The number of halogens is 4. The van der Waals surface area contributed by atoms with Crippen molar-refractivity contribution in [3.05, 3.63) is 33.6 Å². The lowest BCUT2D eigenvalue weighted by Gasteiger charge is -2.13. The van der Waals surface area contributed by atoms with Crippen LogP contribution < -0.4 is 5.73 Å². The summed E-state index contributed by atoms with van der Waals surface area (Å²) in [6.07, 6.45) is 0.445. The Labute approximate surface area is 88.2 Å². The van der Waals surface area contributed by atoms with Gasteiger partial charge in [0, 0.05) is 16.1 Å². The number of hydrogen-bond acceptors (Lipinski definition) is 1. The summed E-state index contributed by atoms with van der Waals surface area (Å²) in [5.41, 5.74) is 5.53. The predicted octanol–water partition coefficient (Wildman–Crippen LogP) is 3.28. The molecule has 0 fully saturated rings. The quantitative estimate of drug-likeness (QED) is 0.646. The highest BCUT2D eigenvalue weighted by Crippen LogP contribution is 2.29. The van der Waals surface area contributed by atoms with Gasteiger partial charge >= 0.3 is 0 Å². The molecular weight excluding hydrogens is 259 g/mol. The van der Waals surface area contributed by atoms with Crippen LogP contribution in [0.3, 0.4) is 0 Å². The lowest BCUT2D eigenvalue weighted by Crippen LogP contribution is -2.13. The first-order valence-corrected chi connectivity index (χ1v) is 4.86. The smallest absolute Gasteiger partial charge is 0.194 e. The molecule has 0 aliphatic carbocycles. The summed E-state index contributed by atoms with van der Waals surface area (Å²) < 4.78 is 38.9. The normalized spacial score (nSPS) is 13.0. The van der Waals surface area contributed by atoms with E-state index in [1.54, 1.807) is 6.92 Å². The van der Waals surface area contributed by atoms with Crippen LogP contribution in [0.2, 0.25) is 0 Å². The average molecular weight is 268 g/mol. The molecule has 0 radical (unpaired) electrons. The minimum absolute atomic E-state index is 0.0219. The Morgan fingerprint density at radius 1 is 1.36 bits per heavy atom. The number of rotatable bonds is 2. The largest absolute Gasteiger partial charge is 0.324 e. The molecule has 1 unspecified atom stereocenters. The van der Waals surface area contributed by atoms with Crippen molar-refractivity contribution in [3.8, 4) is 0 Å². The zero-order valence-corrected chi connectivity index (χ0v) is 9.04. The van der Waals surface area contributed by atoms with Crippen molar-refractivity contribution in [2.45, 2.75) is 19.4 Å². The van der Waals surface area contributed by atoms with Gasteiger partial charge in [-0.3, -0.25) is 0 Å². The van der Waals surface area contributed by atoms with E-state index in [0.717, 1.165) is 6.07 Å². The molecule has 0 aliphatic rings. The van der Waals surface area contributed by atoms with Crippen molar-refractivity contribution >= 4 is 15.9 Å². The molecule has 78 valence electrons. The second-order valence-corrected chi connectivity index (χ2v) is 3.75. The fourth-order valence-corrected chi connectivity index (χ4v) is 1.79. The van der Waals surface area contributed by atoms with E-state index in [1.807, 2.05) is 0 Å². The highest BCUT2D eigenvalue weighted by atomic mass is 79.9. The molecule has 0 aliphatic heterocycles. The van der Waals surface area contributed by atoms with Crippen molar-refractivity contribution in [1.29, 1.82) is 0 Å². The number of benzene rings is 1. The molecule has 0 amide bonds.